The highest BCUT2D eigenvalue weighted by Gasteiger charge is 2.18. The summed E-state index contributed by atoms with van der Waals surface area (Å²) in [5, 5.41) is 3.65. The van der Waals surface area contributed by atoms with Crippen molar-refractivity contribution >= 4 is 17.5 Å². The molecule has 0 unspecified atom stereocenters. The van der Waals surface area contributed by atoms with Crippen molar-refractivity contribution in [1.29, 1.82) is 0 Å². The van der Waals surface area contributed by atoms with Crippen LogP contribution in [0.3, 0.4) is 0 Å². The zero-order chi connectivity index (χ0) is 13.7. The number of likely N-dealkylation sites (tertiary alicyclic amines) is 1. The summed E-state index contributed by atoms with van der Waals surface area (Å²) in [4.78, 5) is 14.1. The fourth-order valence-electron chi connectivity index (χ4n) is 2.54. The molecule has 4 heteroatoms. The molecule has 104 valence electrons. The van der Waals surface area contributed by atoms with Gasteiger partial charge in [-0.05, 0) is 43.0 Å². The van der Waals surface area contributed by atoms with E-state index < -0.39 is 0 Å². The fraction of sp³-hybridized carbons (Fsp3) is 0.533. The summed E-state index contributed by atoms with van der Waals surface area (Å²) in [6.07, 6.45) is 2.48. The summed E-state index contributed by atoms with van der Waals surface area (Å²) in [6.45, 7) is 5.36. The molecular formula is C15H21ClN2O. The maximum atomic E-state index is 11.9. The molecular weight excluding hydrogens is 260 g/mol. The smallest absolute Gasteiger partial charge is 0.234 e. The standard InChI is InChI=1S/C15H21ClN2O/c1-12-4-3-7-18(10-12)11-15(19)17-9-13-5-2-6-14(16)8-13/h2,5-6,8,12H,3-4,7,9-11H2,1H3,(H,17,19)/t12-/m1/s1. The topological polar surface area (TPSA) is 32.3 Å². The number of carbonyl (C=O) groups excluding carboxylic acids is 1. The van der Waals surface area contributed by atoms with Gasteiger partial charge in [-0.15, -0.1) is 0 Å². The fourth-order valence-corrected chi connectivity index (χ4v) is 2.75. The number of nitrogens with one attached hydrogen (secondary N) is 1. The number of nitrogens with zero attached hydrogens (tertiary/aromatic N) is 1. The molecule has 2 rings (SSSR count). The molecule has 1 amide bonds. The average molecular weight is 281 g/mol. The molecule has 1 heterocycles. The van der Waals surface area contributed by atoms with Crippen molar-refractivity contribution in [1.82, 2.24) is 10.2 Å². The Balaban J connectivity index is 1.75. The van der Waals surface area contributed by atoms with Crippen LogP contribution in [0.5, 0.6) is 0 Å². The van der Waals surface area contributed by atoms with E-state index >= 15 is 0 Å². The minimum Gasteiger partial charge on any atom is -0.351 e. The van der Waals surface area contributed by atoms with Crippen molar-refractivity contribution in [3.8, 4) is 0 Å². The normalized spacial score (nSPS) is 20.2. The van der Waals surface area contributed by atoms with Gasteiger partial charge in [-0.25, -0.2) is 0 Å². The van der Waals surface area contributed by atoms with E-state index in [0.29, 0.717) is 24.0 Å². The van der Waals surface area contributed by atoms with Crippen molar-refractivity contribution in [2.75, 3.05) is 19.6 Å². The number of amides is 1. The summed E-state index contributed by atoms with van der Waals surface area (Å²) in [5.74, 6) is 0.795. The number of rotatable bonds is 4. The SMILES string of the molecule is C[C@@H]1CCCN(CC(=O)NCc2cccc(Cl)c2)C1. The molecule has 19 heavy (non-hydrogen) atoms. The molecule has 3 nitrogen and oxygen atoms in total. The Morgan fingerprint density at radius 2 is 2.37 bits per heavy atom. The number of hydrogen-bond donors (Lipinski definition) is 1. The second kappa shape index (κ2) is 6.92. The van der Waals surface area contributed by atoms with Gasteiger partial charge in [0.25, 0.3) is 0 Å². The van der Waals surface area contributed by atoms with Gasteiger partial charge in [-0.1, -0.05) is 30.7 Å². The molecule has 1 N–H and O–H groups in total. The van der Waals surface area contributed by atoms with E-state index in [1.807, 2.05) is 24.3 Å². The molecule has 1 saturated heterocycles. The quantitative estimate of drug-likeness (QED) is 0.920. The third-order valence-electron chi connectivity index (χ3n) is 3.49. The van der Waals surface area contributed by atoms with Gasteiger partial charge in [0.05, 0.1) is 6.54 Å². The van der Waals surface area contributed by atoms with Crippen molar-refractivity contribution in [3.05, 3.63) is 34.9 Å². The molecule has 0 aliphatic carbocycles. The minimum absolute atomic E-state index is 0.0917. The van der Waals surface area contributed by atoms with E-state index in [0.717, 1.165) is 18.7 Å². The Bertz CT molecular complexity index is 436. The second-order valence-corrected chi connectivity index (χ2v) is 5.83. The lowest BCUT2D eigenvalue weighted by Gasteiger charge is -2.30. The molecule has 0 bridgehead atoms. The molecule has 1 fully saturated rings. The van der Waals surface area contributed by atoms with Gasteiger partial charge in [0, 0.05) is 18.1 Å². The molecule has 1 aliphatic rings. The number of halogens is 1. The van der Waals surface area contributed by atoms with Crippen molar-refractivity contribution in [2.24, 2.45) is 5.92 Å². The van der Waals surface area contributed by atoms with Gasteiger partial charge in [0.1, 0.15) is 0 Å². The summed E-state index contributed by atoms with van der Waals surface area (Å²) in [7, 11) is 0. The predicted molar refractivity (Wildman–Crippen MR) is 78.1 cm³/mol. The summed E-state index contributed by atoms with van der Waals surface area (Å²) in [5.41, 5.74) is 1.04. The van der Waals surface area contributed by atoms with Gasteiger partial charge in [0.2, 0.25) is 5.91 Å². The maximum absolute atomic E-state index is 11.9. The molecule has 0 spiro atoms. The van der Waals surface area contributed by atoms with E-state index in [1.165, 1.54) is 12.8 Å². The molecule has 1 aromatic carbocycles. The van der Waals surface area contributed by atoms with E-state index in [2.05, 4.69) is 17.1 Å². The van der Waals surface area contributed by atoms with Crippen LogP contribution in [-0.4, -0.2) is 30.4 Å². The summed E-state index contributed by atoms with van der Waals surface area (Å²) < 4.78 is 0. The Morgan fingerprint density at radius 1 is 1.53 bits per heavy atom. The predicted octanol–water partition coefficient (Wildman–Crippen LogP) is 2.69. The van der Waals surface area contributed by atoms with Crippen molar-refractivity contribution < 1.29 is 4.79 Å². The highest BCUT2D eigenvalue weighted by molar-refractivity contribution is 6.30. The monoisotopic (exact) mass is 280 g/mol. The van der Waals surface area contributed by atoms with Gasteiger partial charge in [-0.2, -0.15) is 0 Å². The molecule has 0 saturated carbocycles. The Kier molecular flexibility index (Phi) is 5.23. The first-order valence-corrected chi connectivity index (χ1v) is 7.25. The van der Waals surface area contributed by atoms with Crippen molar-refractivity contribution in [2.45, 2.75) is 26.3 Å². The van der Waals surface area contributed by atoms with Gasteiger partial charge in [0.15, 0.2) is 0 Å². The lowest BCUT2D eigenvalue weighted by Crippen LogP contribution is -2.41. The Hall–Kier alpha value is -1.06. The number of hydrogen-bond acceptors (Lipinski definition) is 2. The zero-order valence-electron chi connectivity index (χ0n) is 11.4. The molecule has 0 aromatic heterocycles. The third kappa shape index (κ3) is 4.84. The highest BCUT2D eigenvalue weighted by Crippen LogP contribution is 2.15. The number of carbonyl (C=O) groups is 1. The molecule has 1 aromatic rings. The maximum Gasteiger partial charge on any atom is 0.234 e. The van der Waals surface area contributed by atoms with Crippen LogP contribution in [0, 0.1) is 5.92 Å². The van der Waals surface area contributed by atoms with Crippen LogP contribution < -0.4 is 5.32 Å². The van der Waals surface area contributed by atoms with Crippen LogP contribution in [0.1, 0.15) is 25.3 Å². The van der Waals surface area contributed by atoms with E-state index in [4.69, 9.17) is 11.6 Å². The highest BCUT2D eigenvalue weighted by atomic mass is 35.5. The lowest BCUT2D eigenvalue weighted by molar-refractivity contribution is -0.122. The number of benzene rings is 1. The minimum atomic E-state index is 0.0917. The second-order valence-electron chi connectivity index (χ2n) is 5.39. The van der Waals surface area contributed by atoms with Crippen LogP contribution >= 0.6 is 11.6 Å². The first-order chi connectivity index (χ1) is 9.13. The Morgan fingerprint density at radius 3 is 3.11 bits per heavy atom. The van der Waals surface area contributed by atoms with E-state index in [1.54, 1.807) is 0 Å². The molecule has 0 radical (unpaired) electrons. The zero-order valence-corrected chi connectivity index (χ0v) is 12.1. The molecule has 1 aliphatic heterocycles. The number of piperidine rings is 1. The van der Waals surface area contributed by atoms with Crippen LogP contribution in [0.15, 0.2) is 24.3 Å². The summed E-state index contributed by atoms with van der Waals surface area (Å²) in [6, 6.07) is 7.58. The van der Waals surface area contributed by atoms with Crippen LogP contribution in [-0.2, 0) is 11.3 Å². The van der Waals surface area contributed by atoms with Crippen molar-refractivity contribution in [3.63, 3.8) is 0 Å². The molecule has 1 atom stereocenters. The van der Waals surface area contributed by atoms with Crippen LogP contribution in [0.25, 0.3) is 0 Å². The van der Waals surface area contributed by atoms with Gasteiger partial charge < -0.3 is 5.32 Å². The third-order valence-corrected chi connectivity index (χ3v) is 3.72. The van der Waals surface area contributed by atoms with E-state index in [-0.39, 0.29) is 5.91 Å². The summed E-state index contributed by atoms with van der Waals surface area (Å²) >= 11 is 5.91. The lowest BCUT2D eigenvalue weighted by atomic mass is 10.0. The van der Waals surface area contributed by atoms with Crippen LogP contribution in [0.4, 0.5) is 0 Å². The van der Waals surface area contributed by atoms with E-state index in [9.17, 15) is 4.79 Å². The first kappa shape index (κ1) is 14.4. The Labute approximate surface area is 119 Å². The largest absolute Gasteiger partial charge is 0.351 e. The van der Waals surface area contributed by atoms with Gasteiger partial charge >= 0.3 is 0 Å². The van der Waals surface area contributed by atoms with Gasteiger partial charge in [-0.3, -0.25) is 9.69 Å². The van der Waals surface area contributed by atoms with Crippen LogP contribution in [0.2, 0.25) is 5.02 Å². The average Bonchev–Trinajstić information content (AvgIpc) is 2.36. The first-order valence-electron chi connectivity index (χ1n) is 6.87.